The van der Waals surface area contributed by atoms with Gasteiger partial charge in [0.2, 0.25) is 0 Å². The molecule has 2 heterocycles. The van der Waals surface area contributed by atoms with Crippen molar-refractivity contribution >= 4 is 54.8 Å². The van der Waals surface area contributed by atoms with Gasteiger partial charge in [-0.2, -0.15) is 0 Å². The number of aromatic nitrogens is 1. The first-order chi connectivity index (χ1) is 8.60. The third-order valence-electron chi connectivity index (χ3n) is 2.40. The van der Waals surface area contributed by atoms with Gasteiger partial charge in [0.25, 0.3) is 0 Å². The van der Waals surface area contributed by atoms with Gasteiger partial charge in [-0.1, -0.05) is 11.6 Å². The van der Waals surface area contributed by atoms with Crippen molar-refractivity contribution in [2.75, 3.05) is 0 Å². The summed E-state index contributed by atoms with van der Waals surface area (Å²) >= 11 is 14.3. The number of hydrogen-bond acceptors (Lipinski definition) is 4. The summed E-state index contributed by atoms with van der Waals surface area (Å²) in [5.41, 5.74) is 3.67. The molecule has 2 aromatic rings. The third kappa shape index (κ3) is 3.53. The monoisotopic (exact) mass is 409 g/mol. The predicted octanol–water partition coefficient (Wildman–Crippen LogP) is 4.07. The lowest BCUT2D eigenvalue weighted by molar-refractivity contribution is 0.539. The van der Waals surface area contributed by atoms with E-state index in [0.717, 1.165) is 25.4 Å². The summed E-state index contributed by atoms with van der Waals surface area (Å²) in [6.07, 6.45) is 2.51. The summed E-state index contributed by atoms with van der Waals surface area (Å²) in [7, 11) is 0. The van der Waals surface area contributed by atoms with E-state index >= 15 is 0 Å². The number of halogens is 3. The summed E-state index contributed by atoms with van der Waals surface area (Å²) in [4.78, 5) is 5.55. The second kappa shape index (κ2) is 6.45. The molecule has 7 heteroatoms. The molecule has 3 nitrogen and oxygen atoms in total. The van der Waals surface area contributed by atoms with Crippen LogP contribution in [0.3, 0.4) is 0 Å². The van der Waals surface area contributed by atoms with Gasteiger partial charge in [-0.15, -0.1) is 11.3 Å². The van der Waals surface area contributed by atoms with Crippen molar-refractivity contribution in [1.82, 2.24) is 10.4 Å². The molecule has 1 atom stereocenters. The van der Waals surface area contributed by atoms with Gasteiger partial charge in [0.15, 0.2) is 0 Å². The first kappa shape index (κ1) is 14.4. The molecule has 0 spiro atoms. The molecule has 0 aliphatic heterocycles. The van der Waals surface area contributed by atoms with Crippen LogP contribution in [0, 0.1) is 0 Å². The Labute approximate surface area is 131 Å². The van der Waals surface area contributed by atoms with Gasteiger partial charge >= 0.3 is 0 Å². The molecule has 0 amide bonds. The Morgan fingerprint density at radius 2 is 2.22 bits per heavy atom. The standard InChI is InChI=1S/C11H10Br2ClN3S/c12-6-3-8(13)11(16-5-6)9(17-15)4-7-1-2-10(14)18-7/h1-3,5,9,17H,4,15H2. The lowest BCUT2D eigenvalue weighted by Gasteiger charge is -2.16. The fraction of sp³-hybridized carbons (Fsp3) is 0.182. The van der Waals surface area contributed by atoms with Crippen LogP contribution in [0.1, 0.15) is 16.6 Å². The lowest BCUT2D eigenvalue weighted by Crippen LogP contribution is -2.30. The topological polar surface area (TPSA) is 50.9 Å². The molecule has 2 aromatic heterocycles. The SMILES string of the molecule is NNC(Cc1ccc(Cl)s1)c1ncc(Br)cc1Br. The highest BCUT2D eigenvalue weighted by Gasteiger charge is 2.16. The Bertz CT molecular complexity index is 547. The number of nitrogens with one attached hydrogen (secondary N) is 1. The van der Waals surface area contributed by atoms with E-state index in [4.69, 9.17) is 17.4 Å². The zero-order chi connectivity index (χ0) is 13.1. The number of hydrogen-bond donors (Lipinski definition) is 2. The minimum absolute atomic E-state index is 0.0535. The molecule has 18 heavy (non-hydrogen) atoms. The summed E-state index contributed by atoms with van der Waals surface area (Å²) in [5.74, 6) is 5.62. The largest absolute Gasteiger partial charge is 0.271 e. The molecule has 0 radical (unpaired) electrons. The van der Waals surface area contributed by atoms with Gasteiger partial charge in [0.1, 0.15) is 0 Å². The molecule has 3 N–H and O–H groups in total. The normalized spacial score (nSPS) is 12.7. The van der Waals surface area contributed by atoms with E-state index in [2.05, 4.69) is 42.3 Å². The van der Waals surface area contributed by atoms with Crippen molar-refractivity contribution in [1.29, 1.82) is 0 Å². The van der Waals surface area contributed by atoms with E-state index in [-0.39, 0.29) is 6.04 Å². The molecule has 0 aliphatic carbocycles. The van der Waals surface area contributed by atoms with Crippen molar-refractivity contribution in [2.24, 2.45) is 5.84 Å². The average Bonchev–Trinajstić information content (AvgIpc) is 2.72. The summed E-state index contributed by atoms with van der Waals surface area (Å²) in [6, 6.07) is 5.79. The lowest BCUT2D eigenvalue weighted by atomic mass is 10.1. The zero-order valence-corrected chi connectivity index (χ0v) is 13.9. The van der Waals surface area contributed by atoms with Crippen LogP contribution in [0.25, 0.3) is 0 Å². The maximum absolute atomic E-state index is 5.92. The molecule has 0 fully saturated rings. The van der Waals surface area contributed by atoms with Crippen molar-refractivity contribution in [3.05, 3.63) is 48.2 Å². The Morgan fingerprint density at radius 1 is 1.44 bits per heavy atom. The number of nitrogens with two attached hydrogens (primary N) is 1. The summed E-state index contributed by atoms with van der Waals surface area (Å²) in [6.45, 7) is 0. The summed E-state index contributed by atoms with van der Waals surface area (Å²) < 4.78 is 2.62. The number of pyridine rings is 1. The number of thiophene rings is 1. The van der Waals surface area contributed by atoms with Crippen molar-refractivity contribution < 1.29 is 0 Å². The molecule has 1 unspecified atom stereocenters. The molecular weight excluding hydrogens is 401 g/mol. The van der Waals surface area contributed by atoms with Crippen LogP contribution in [-0.2, 0) is 6.42 Å². The minimum atomic E-state index is -0.0535. The predicted molar refractivity (Wildman–Crippen MR) is 82.7 cm³/mol. The van der Waals surface area contributed by atoms with Crippen LogP contribution in [0.5, 0.6) is 0 Å². The zero-order valence-electron chi connectivity index (χ0n) is 9.16. The van der Waals surface area contributed by atoms with Gasteiger partial charge in [-0.25, -0.2) is 0 Å². The average molecular weight is 412 g/mol. The van der Waals surface area contributed by atoms with E-state index in [9.17, 15) is 0 Å². The molecule has 2 rings (SSSR count). The van der Waals surface area contributed by atoms with Crippen LogP contribution < -0.4 is 11.3 Å². The molecule has 0 bridgehead atoms. The first-order valence-corrected chi connectivity index (χ1v) is 7.89. The maximum Gasteiger partial charge on any atom is 0.0931 e. The van der Waals surface area contributed by atoms with Crippen LogP contribution in [-0.4, -0.2) is 4.98 Å². The molecular formula is C11H10Br2ClN3S. The fourth-order valence-corrected chi connectivity index (χ4v) is 3.98. The van der Waals surface area contributed by atoms with E-state index in [1.165, 1.54) is 4.88 Å². The van der Waals surface area contributed by atoms with E-state index < -0.39 is 0 Å². The van der Waals surface area contributed by atoms with Crippen LogP contribution >= 0.6 is 54.8 Å². The second-order valence-electron chi connectivity index (χ2n) is 3.65. The Kier molecular flexibility index (Phi) is 5.17. The van der Waals surface area contributed by atoms with E-state index in [1.807, 2.05) is 18.2 Å². The number of rotatable bonds is 4. The maximum atomic E-state index is 5.92. The molecule has 0 saturated carbocycles. The molecule has 0 saturated heterocycles. The molecule has 0 aliphatic rings. The van der Waals surface area contributed by atoms with E-state index in [0.29, 0.717) is 0 Å². The number of nitrogens with zero attached hydrogens (tertiary/aromatic N) is 1. The van der Waals surface area contributed by atoms with Gasteiger partial charge in [0.05, 0.1) is 16.1 Å². The molecule has 0 aromatic carbocycles. The summed E-state index contributed by atoms with van der Waals surface area (Å²) in [5, 5.41) is 0. The van der Waals surface area contributed by atoms with Crippen molar-refractivity contribution in [3.63, 3.8) is 0 Å². The fourth-order valence-electron chi connectivity index (χ4n) is 1.58. The highest BCUT2D eigenvalue weighted by molar-refractivity contribution is 9.11. The van der Waals surface area contributed by atoms with Gasteiger partial charge in [-0.3, -0.25) is 16.3 Å². The Balaban J connectivity index is 2.22. The van der Waals surface area contributed by atoms with Crippen molar-refractivity contribution in [3.8, 4) is 0 Å². The Morgan fingerprint density at radius 3 is 2.78 bits per heavy atom. The first-order valence-electron chi connectivity index (χ1n) is 5.11. The smallest absolute Gasteiger partial charge is 0.0931 e. The van der Waals surface area contributed by atoms with Gasteiger partial charge in [0, 0.05) is 26.4 Å². The third-order valence-corrected chi connectivity index (χ3v) is 4.72. The van der Waals surface area contributed by atoms with Crippen LogP contribution in [0.15, 0.2) is 33.3 Å². The van der Waals surface area contributed by atoms with Gasteiger partial charge in [-0.05, 0) is 50.1 Å². The van der Waals surface area contributed by atoms with Crippen LogP contribution in [0.4, 0.5) is 0 Å². The highest BCUT2D eigenvalue weighted by atomic mass is 79.9. The Hall–Kier alpha value is 0.0200. The highest BCUT2D eigenvalue weighted by Crippen LogP contribution is 2.29. The quantitative estimate of drug-likeness (QED) is 0.589. The van der Waals surface area contributed by atoms with Crippen molar-refractivity contribution in [2.45, 2.75) is 12.5 Å². The second-order valence-corrected chi connectivity index (χ2v) is 7.22. The van der Waals surface area contributed by atoms with Crippen LogP contribution in [0.2, 0.25) is 4.34 Å². The number of hydrazine groups is 1. The van der Waals surface area contributed by atoms with E-state index in [1.54, 1.807) is 17.5 Å². The minimum Gasteiger partial charge on any atom is -0.271 e. The molecule has 96 valence electrons. The van der Waals surface area contributed by atoms with Gasteiger partial charge < -0.3 is 0 Å².